The minimum atomic E-state index is 0.424. The maximum Gasteiger partial charge on any atom is 0.146 e. The number of rotatable bonds is 1. The predicted molar refractivity (Wildman–Crippen MR) is 46.4 cm³/mol. The third kappa shape index (κ3) is 0.580. The van der Waals surface area contributed by atoms with Crippen molar-refractivity contribution in [2.24, 2.45) is 23.7 Å². The molecule has 0 bridgehead atoms. The number of carbonyl (C=O) groups excluding carboxylic acids is 1. The molecule has 0 fully saturated rings. The molecule has 0 heterocycles. The van der Waals surface area contributed by atoms with Crippen LogP contribution >= 0.6 is 0 Å². The zero-order valence-corrected chi connectivity index (χ0v) is 6.68. The van der Waals surface area contributed by atoms with E-state index in [9.17, 15) is 4.79 Å². The summed E-state index contributed by atoms with van der Waals surface area (Å²) >= 11 is 0. The highest BCUT2D eigenvalue weighted by Gasteiger charge is 2.43. The molecule has 3 aliphatic rings. The van der Waals surface area contributed by atoms with E-state index in [1.54, 1.807) is 0 Å². The molecule has 12 heavy (non-hydrogen) atoms. The van der Waals surface area contributed by atoms with Crippen molar-refractivity contribution in [3.63, 3.8) is 0 Å². The highest BCUT2D eigenvalue weighted by molar-refractivity contribution is 5.77. The average Bonchev–Trinajstić information content (AvgIpc) is 2.72. The Hall–Kier alpha value is -1.11. The fourth-order valence-electron chi connectivity index (χ4n) is 2.77. The molecule has 0 aliphatic heterocycles. The van der Waals surface area contributed by atoms with E-state index in [2.05, 4.69) is 30.4 Å². The van der Waals surface area contributed by atoms with Gasteiger partial charge in [-0.15, -0.1) is 0 Å². The van der Waals surface area contributed by atoms with Crippen LogP contribution in [0.4, 0.5) is 0 Å². The van der Waals surface area contributed by atoms with Crippen molar-refractivity contribution >= 4 is 6.29 Å². The van der Waals surface area contributed by atoms with E-state index in [1.165, 1.54) is 0 Å². The summed E-state index contributed by atoms with van der Waals surface area (Å²) in [5.41, 5.74) is 0.994. The van der Waals surface area contributed by atoms with Gasteiger partial charge in [-0.1, -0.05) is 30.4 Å². The van der Waals surface area contributed by atoms with Crippen LogP contribution in [0.2, 0.25) is 0 Å². The van der Waals surface area contributed by atoms with Gasteiger partial charge in [-0.25, -0.2) is 0 Å². The predicted octanol–water partition coefficient (Wildman–Crippen LogP) is 1.73. The quantitative estimate of drug-likeness (QED) is 0.419. The van der Waals surface area contributed by atoms with Crippen LogP contribution in [0, 0.1) is 23.7 Å². The van der Waals surface area contributed by atoms with Crippen molar-refractivity contribution < 1.29 is 4.79 Å². The number of allylic oxidation sites excluding steroid dienone is 6. The number of carbonyl (C=O) groups is 1. The molecule has 0 saturated carbocycles. The fourth-order valence-corrected chi connectivity index (χ4v) is 2.77. The Morgan fingerprint density at radius 3 is 2.67 bits per heavy atom. The molecule has 0 aromatic heterocycles. The van der Waals surface area contributed by atoms with Crippen LogP contribution in [0.25, 0.3) is 0 Å². The monoisotopic (exact) mass is 158 g/mol. The summed E-state index contributed by atoms with van der Waals surface area (Å²) in [5, 5.41) is 0. The lowest BCUT2D eigenvalue weighted by Crippen LogP contribution is -2.12. The maximum atomic E-state index is 10.7. The second-order valence-electron chi connectivity index (χ2n) is 3.81. The minimum absolute atomic E-state index is 0.424. The molecule has 1 heteroatoms. The van der Waals surface area contributed by atoms with Crippen LogP contribution in [0.3, 0.4) is 0 Å². The summed E-state index contributed by atoms with van der Waals surface area (Å²) in [5.74, 6) is 2.22. The van der Waals surface area contributed by atoms with Gasteiger partial charge in [0, 0.05) is 5.92 Å². The largest absolute Gasteiger partial charge is 0.298 e. The molecule has 0 spiro atoms. The van der Waals surface area contributed by atoms with E-state index in [0.717, 1.165) is 11.9 Å². The molecule has 4 unspecified atom stereocenters. The molecule has 4 atom stereocenters. The van der Waals surface area contributed by atoms with Crippen molar-refractivity contribution in [1.29, 1.82) is 0 Å². The van der Waals surface area contributed by atoms with Crippen molar-refractivity contribution in [3.05, 3.63) is 36.0 Å². The summed E-state index contributed by atoms with van der Waals surface area (Å²) in [6.07, 6.45) is 12.1. The Kier molecular flexibility index (Phi) is 1.06. The second kappa shape index (κ2) is 1.98. The topological polar surface area (TPSA) is 17.1 Å². The van der Waals surface area contributed by atoms with Crippen LogP contribution < -0.4 is 0 Å². The second-order valence-corrected chi connectivity index (χ2v) is 3.81. The smallest absolute Gasteiger partial charge is 0.146 e. The van der Waals surface area contributed by atoms with Gasteiger partial charge >= 0.3 is 0 Å². The highest BCUT2D eigenvalue weighted by atomic mass is 16.1. The van der Waals surface area contributed by atoms with Gasteiger partial charge in [0.1, 0.15) is 6.29 Å². The highest BCUT2D eigenvalue weighted by Crippen LogP contribution is 2.50. The van der Waals surface area contributed by atoms with Gasteiger partial charge in [0.05, 0.1) is 0 Å². The molecule has 1 nitrogen and oxygen atoms in total. The van der Waals surface area contributed by atoms with E-state index in [1.807, 2.05) is 0 Å². The molecule has 0 saturated heterocycles. The van der Waals surface area contributed by atoms with Crippen LogP contribution in [0.5, 0.6) is 0 Å². The molecular formula is C11H10O. The maximum absolute atomic E-state index is 10.7. The molecule has 0 aromatic rings. The van der Waals surface area contributed by atoms with Crippen LogP contribution in [-0.2, 0) is 4.79 Å². The van der Waals surface area contributed by atoms with Gasteiger partial charge < -0.3 is 0 Å². The lowest BCUT2D eigenvalue weighted by Gasteiger charge is -2.15. The summed E-state index contributed by atoms with van der Waals surface area (Å²) < 4.78 is 0. The van der Waals surface area contributed by atoms with Gasteiger partial charge in [0.2, 0.25) is 0 Å². The molecule has 0 N–H and O–H groups in total. The summed E-state index contributed by atoms with van der Waals surface area (Å²) in [6.45, 7) is 0. The normalized spacial score (nSPS) is 46.5. The van der Waals surface area contributed by atoms with Crippen LogP contribution in [-0.4, -0.2) is 6.29 Å². The molecular weight excluding hydrogens is 148 g/mol. The summed E-state index contributed by atoms with van der Waals surface area (Å²) in [4.78, 5) is 10.7. The van der Waals surface area contributed by atoms with Gasteiger partial charge in [-0.2, -0.15) is 0 Å². The van der Waals surface area contributed by atoms with E-state index in [-0.39, 0.29) is 0 Å². The summed E-state index contributed by atoms with van der Waals surface area (Å²) in [7, 11) is 0. The van der Waals surface area contributed by atoms with Gasteiger partial charge in [-0.3, -0.25) is 4.79 Å². The zero-order valence-electron chi connectivity index (χ0n) is 6.68. The van der Waals surface area contributed by atoms with Gasteiger partial charge in [0.15, 0.2) is 0 Å². The third-order valence-corrected chi connectivity index (χ3v) is 3.31. The van der Waals surface area contributed by atoms with Crippen molar-refractivity contribution in [2.45, 2.75) is 0 Å². The van der Waals surface area contributed by atoms with Crippen LogP contribution in [0.15, 0.2) is 36.0 Å². The Morgan fingerprint density at radius 2 is 1.83 bits per heavy atom. The third-order valence-electron chi connectivity index (χ3n) is 3.31. The van der Waals surface area contributed by atoms with Gasteiger partial charge in [0.25, 0.3) is 0 Å². The standard InChI is InChI=1S/C11H10O/c12-6-9-5-8-2-1-7-3-4-10(9)11(7)8/h1-8,10-11H. The Balaban J connectivity index is 2.10. The number of aldehydes is 1. The SMILES string of the molecule is O=CC1=CC2C=CC3C=CC1C32. The van der Waals surface area contributed by atoms with E-state index >= 15 is 0 Å². The molecule has 0 radical (unpaired) electrons. The number of hydrogen-bond acceptors (Lipinski definition) is 1. The number of hydrogen-bond donors (Lipinski definition) is 0. The first kappa shape index (κ1) is 6.41. The first-order valence-electron chi connectivity index (χ1n) is 4.44. The van der Waals surface area contributed by atoms with Crippen molar-refractivity contribution in [2.75, 3.05) is 0 Å². The fraction of sp³-hybridized carbons (Fsp3) is 0.364. The Labute approximate surface area is 71.5 Å². The summed E-state index contributed by atoms with van der Waals surface area (Å²) in [6, 6.07) is 0. The lowest BCUT2D eigenvalue weighted by atomic mass is 9.87. The van der Waals surface area contributed by atoms with Crippen molar-refractivity contribution in [3.8, 4) is 0 Å². The minimum Gasteiger partial charge on any atom is -0.298 e. The lowest BCUT2D eigenvalue weighted by molar-refractivity contribution is -0.105. The molecule has 0 aromatic carbocycles. The Bertz CT molecular complexity index is 322. The molecule has 3 aliphatic carbocycles. The van der Waals surface area contributed by atoms with E-state index in [4.69, 9.17) is 0 Å². The Morgan fingerprint density at radius 1 is 1.08 bits per heavy atom. The molecule has 3 rings (SSSR count). The van der Waals surface area contributed by atoms with Gasteiger partial charge in [-0.05, 0) is 23.3 Å². The van der Waals surface area contributed by atoms with E-state index < -0.39 is 0 Å². The van der Waals surface area contributed by atoms with Crippen molar-refractivity contribution in [1.82, 2.24) is 0 Å². The first-order chi connectivity index (χ1) is 5.90. The first-order valence-corrected chi connectivity index (χ1v) is 4.44. The molecule has 60 valence electrons. The average molecular weight is 158 g/mol. The van der Waals surface area contributed by atoms with E-state index in [0.29, 0.717) is 23.7 Å². The zero-order chi connectivity index (χ0) is 8.13. The van der Waals surface area contributed by atoms with Crippen LogP contribution in [0.1, 0.15) is 0 Å². The molecule has 0 amide bonds.